The Morgan fingerprint density at radius 3 is 2.23 bits per heavy atom. The number of halogens is 2. The van der Waals surface area contributed by atoms with Crippen LogP contribution < -0.4 is 0 Å². The van der Waals surface area contributed by atoms with E-state index in [1.54, 1.807) is 0 Å². The van der Waals surface area contributed by atoms with E-state index in [0.717, 1.165) is 6.42 Å². The highest BCUT2D eigenvalue weighted by molar-refractivity contribution is 9.24. The van der Waals surface area contributed by atoms with Crippen molar-refractivity contribution < 1.29 is 0 Å². The zero-order valence-electron chi connectivity index (χ0n) is 8.61. The van der Waals surface area contributed by atoms with Crippen LogP contribution in [-0.4, -0.2) is 3.74 Å². The third-order valence-electron chi connectivity index (χ3n) is 1.74. The van der Waals surface area contributed by atoms with E-state index in [1.807, 2.05) is 0 Å². The average molecular weight is 310 g/mol. The number of allylic oxidation sites excluding steroid dienone is 4. The van der Waals surface area contributed by atoms with E-state index < -0.39 is 0 Å². The Labute approximate surface area is 98.7 Å². The van der Waals surface area contributed by atoms with Crippen molar-refractivity contribution in [1.82, 2.24) is 0 Å². The quantitative estimate of drug-likeness (QED) is 0.484. The first-order valence-electron chi connectivity index (χ1n) is 4.59. The molecule has 0 heterocycles. The molecular formula is C11H18Br2. The highest BCUT2D eigenvalue weighted by Gasteiger charge is 1.94. The highest BCUT2D eigenvalue weighted by Crippen LogP contribution is 2.16. The zero-order chi connectivity index (χ0) is 10.3. The van der Waals surface area contributed by atoms with Crippen molar-refractivity contribution in [2.75, 3.05) is 0 Å². The first-order chi connectivity index (χ1) is 6.02. The molecule has 0 spiro atoms. The fourth-order valence-electron chi connectivity index (χ4n) is 0.981. The van der Waals surface area contributed by atoms with Gasteiger partial charge >= 0.3 is 0 Å². The van der Waals surface area contributed by atoms with Crippen molar-refractivity contribution >= 4 is 31.9 Å². The van der Waals surface area contributed by atoms with Crippen LogP contribution in [0.3, 0.4) is 0 Å². The third kappa shape index (κ3) is 10.4. The van der Waals surface area contributed by atoms with E-state index in [2.05, 4.69) is 64.8 Å². The molecule has 0 saturated heterocycles. The molecule has 0 bridgehead atoms. The van der Waals surface area contributed by atoms with Crippen LogP contribution in [0.25, 0.3) is 0 Å². The van der Waals surface area contributed by atoms with Gasteiger partial charge in [-0.15, -0.1) is 0 Å². The third-order valence-corrected chi connectivity index (χ3v) is 2.48. The Balaban J connectivity index is 3.67. The second-order valence-corrected chi connectivity index (χ2v) is 6.94. The van der Waals surface area contributed by atoms with Gasteiger partial charge in [-0.3, -0.25) is 0 Å². The average Bonchev–Trinajstić information content (AvgIpc) is 2.00. The van der Waals surface area contributed by atoms with Crippen LogP contribution in [0.2, 0.25) is 0 Å². The molecule has 0 radical (unpaired) electrons. The Morgan fingerprint density at radius 2 is 1.77 bits per heavy atom. The minimum atomic E-state index is 0.415. The maximum Gasteiger partial charge on any atom is 0.0732 e. The lowest BCUT2D eigenvalue weighted by atomic mass is 10.1. The van der Waals surface area contributed by atoms with Crippen LogP contribution in [0, 0.1) is 0 Å². The van der Waals surface area contributed by atoms with Gasteiger partial charge in [0.15, 0.2) is 0 Å². The Kier molecular flexibility index (Phi) is 8.07. The minimum absolute atomic E-state index is 0.415. The minimum Gasteiger partial charge on any atom is -0.0856 e. The van der Waals surface area contributed by atoms with E-state index in [1.165, 1.54) is 24.0 Å². The van der Waals surface area contributed by atoms with Gasteiger partial charge in [0.1, 0.15) is 0 Å². The second kappa shape index (κ2) is 7.81. The van der Waals surface area contributed by atoms with Crippen LogP contribution in [0.15, 0.2) is 23.3 Å². The van der Waals surface area contributed by atoms with Gasteiger partial charge in [0.05, 0.1) is 3.74 Å². The smallest absolute Gasteiger partial charge is 0.0732 e. The summed E-state index contributed by atoms with van der Waals surface area (Å²) >= 11 is 6.91. The molecule has 13 heavy (non-hydrogen) atoms. The maximum absolute atomic E-state index is 3.45. The van der Waals surface area contributed by atoms with Crippen LogP contribution in [0.5, 0.6) is 0 Å². The van der Waals surface area contributed by atoms with Crippen molar-refractivity contribution in [3.05, 3.63) is 23.3 Å². The van der Waals surface area contributed by atoms with E-state index in [9.17, 15) is 0 Å². The molecule has 0 unspecified atom stereocenters. The molecule has 0 atom stereocenters. The molecule has 0 aromatic heterocycles. The van der Waals surface area contributed by atoms with Crippen LogP contribution in [0.4, 0.5) is 0 Å². The lowest BCUT2D eigenvalue weighted by molar-refractivity contribution is 0.952. The van der Waals surface area contributed by atoms with Crippen LogP contribution >= 0.6 is 31.9 Å². The molecular weight excluding hydrogens is 292 g/mol. The monoisotopic (exact) mass is 308 g/mol. The standard InChI is InChI=1S/C11H18Br2/c1-9(2)5-4-6-10(3)7-8-11(12)13/h5,7,11H,4,6,8H2,1-3H3/b10-7+. The molecule has 0 aromatic carbocycles. The summed E-state index contributed by atoms with van der Waals surface area (Å²) in [5, 5.41) is 0. The molecule has 0 amide bonds. The first kappa shape index (κ1) is 13.4. The SMILES string of the molecule is CC(C)=CCC/C(C)=C/CC(Br)Br. The number of hydrogen-bond donors (Lipinski definition) is 0. The lowest BCUT2D eigenvalue weighted by Crippen LogP contribution is -1.83. The van der Waals surface area contributed by atoms with Gasteiger partial charge < -0.3 is 0 Å². The van der Waals surface area contributed by atoms with E-state index in [0.29, 0.717) is 3.74 Å². The number of hydrogen-bond acceptors (Lipinski definition) is 0. The molecule has 2 heteroatoms. The Morgan fingerprint density at radius 1 is 1.15 bits per heavy atom. The van der Waals surface area contributed by atoms with Crippen molar-refractivity contribution in [2.24, 2.45) is 0 Å². The van der Waals surface area contributed by atoms with Crippen molar-refractivity contribution in [1.29, 1.82) is 0 Å². The summed E-state index contributed by atoms with van der Waals surface area (Å²) in [5.74, 6) is 0. The molecule has 0 aliphatic rings. The highest BCUT2D eigenvalue weighted by atomic mass is 79.9. The summed E-state index contributed by atoms with van der Waals surface area (Å²) in [6.45, 7) is 6.49. The van der Waals surface area contributed by atoms with Crippen molar-refractivity contribution in [2.45, 2.75) is 43.8 Å². The van der Waals surface area contributed by atoms with E-state index in [4.69, 9.17) is 0 Å². The fraction of sp³-hybridized carbons (Fsp3) is 0.636. The molecule has 0 aromatic rings. The summed E-state index contributed by atoms with van der Waals surface area (Å²) in [7, 11) is 0. The fourth-order valence-corrected chi connectivity index (χ4v) is 1.35. The summed E-state index contributed by atoms with van der Waals surface area (Å²) in [6, 6.07) is 0. The first-order valence-corrected chi connectivity index (χ1v) is 6.42. The van der Waals surface area contributed by atoms with Crippen LogP contribution in [0.1, 0.15) is 40.0 Å². The van der Waals surface area contributed by atoms with Gasteiger partial charge in [-0.25, -0.2) is 0 Å². The predicted octanol–water partition coefficient (Wildman–Crippen LogP) is 5.19. The van der Waals surface area contributed by atoms with Gasteiger partial charge in [0.25, 0.3) is 0 Å². The van der Waals surface area contributed by atoms with Crippen molar-refractivity contribution in [3.63, 3.8) is 0 Å². The summed E-state index contributed by atoms with van der Waals surface area (Å²) in [4.78, 5) is 0. The summed E-state index contributed by atoms with van der Waals surface area (Å²) in [6.07, 6.45) is 7.97. The molecule has 0 fully saturated rings. The van der Waals surface area contributed by atoms with Gasteiger partial charge in [-0.1, -0.05) is 55.2 Å². The molecule has 0 nitrogen and oxygen atoms in total. The Hall–Kier alpha value is 0.440. The Bertz CT molecular complexity index is 186. The van der Waals surface area contributed by atoms with Gasteiger partial charge in [0.2, 0.25) is 0 Å². The predicted molar refractivity (Wildman–Crippen MR) is 68.7 cm³/mol. The largest absolute Gasteiger partial charge is 0.0856 e. The van der Waals surface area contributed by atoms with Gasteiger partial charge in [0, 0.05) is 0 Å². The molecule has 0 aliphatic heterocycles. The van der Waals surface area contributed by atoms with E-state index >= 15 is 0 Å². The number of rotatable bonds is 5. The normalized spacial score (nSPS) is 12.0. The molecule has 0 saturated carbocycles. The molecule has 0 rings (SSSR count). The summed E-state index contributed by atoms with van der Waals surface area (Å²) < 4.78 is 0.415. The lowest BCUT2D eigenvalue weighted by Gasteiger charge is -2.00. The maximum atomic E-state index is 3.45. The molecule has 0 aliphatic carbocycles. The molecule has 0 N–H and O–H groups in total. The topological polar surface area (TPSA) is 0 Å². The van der Waals surface area contributed by atoms with Gasteiger partial charge in [-0.2, -0.15) is 0 Å². The molecule has 76 valence electrons. The van der Waals surface area contributed by atoms with Crippen LogP contribution in [-0.2, 0) is 0 Å². The number of alkyl halides is 2. The summed E-state index contributed by atoms with van der Waals surface area (Å²) in [5.41, 5.74) is 2.88. The van der Waals surface area contributed by atoms with Crippen molar-refractivity contribution in [3.8, 4) is 0 Å². The zero-order valence-corrected chi connectivity index (χ0v) is 11.8. The second-order valence-electron chi connectivity index (χ2n) is 3.50. The van der Waals surface area contributed by atoms with E-state index in [-0.39, 0.29) is 0 Å². The van der Waals surface area contributed by atoms with Gasteiger partial charge in [-0.05, 0) is 40.0 Å².